The van der Waals surface area contributed by atoms with E-state index in [2.05, 4.69) is 11.7 Å². The van der Waals surface area contributed by atoms with Crippen molar-refractivity contribution in [3.63, 3.8) is 0 Å². The number of aromatic nitrogens is 5. The van der Waals surface area contributed by atoms with E-state index in [0.717, 1.165) is 16.6 Å². The van der Waals surface area contributed by atoms with Gasteiger partial charge in [0.2, 0.25) is 0 Å². The highest BCUT2D eigenvalue weighted by Gasteiger charge is 2.20. The summed E-state index contributed by atoms with van der Waals surface area (Å²) in [5.74, 6) is 0.580. The second-order valence-corrected chi connectivity index (χ2v) is 7.42. The zero-order valence-corrected chi connectivity index (χ0v) is 17.3. The van der Waals surface area contributed by atoms with E-state index < -0.39 is 0 Å². The molecule has 5 aromatic rings. The second-order valence-electron chi connectivity index (χ2n) is 7.42. The van der Waals surface area contributed by atoms with Crippen LogP contribution in [0, 0.1) is 13.8 Å². The topological polar surface area (TPSA) is 78.0 Å². The van der Waals surface area contributed by atoms with E-state index in [0.29, 0.717) is 40.1 Å². The molecule has 2 aromatic carbocycles. The summed E-state index contributed by atoms with van der Waals surface area (Å²) < 4.78 is 3.19. The third-order valence-corrected chi connectivity index (χ3v) is 5.21. The highest BCUT2D eigenvalue weighted by atomic mass is 16.1. The zero-order valence-electron chi connectivity index (χ0n) is 17.3. The number of rotatable bonds is 4. The third-order valence-electron chi connectivity index (χ3n) is 5.21. The van der Waals surface area contributed by atoms with Gasteiger partial charge in [0, 0.05) is 6.54 Å². The summed E-state index contributed by atoms with van der Waals surface area (Å²) in [7, 11) is 0. The van der Waals surface area contributed by atoms with Gasteiger partial charge in [-0.2, -0.15) is 9.78 Å². The fourth-order valence-corrected chi connectivity index (χ4v) is 3.74. The van der Waals surface area contributed by atoms with Crippen LogP contribution in [0.3, 0.4) is 0 Å². The van der Waals surface area contributed by atoms with Crippen LogP contribution in [0.15, 0.2) is 71.1 Å². The van der Waals surface area contributed by atoms with Gasteiger partial charge in [0.25, 0.3) is 5.56 Å². The maximum Gasteiger partial charge on any atom is 0.265 e. The normalized spacial score (nSPS) is 11.8. The summed E-state index contributed by atoms with van der Waals surface area (Å²) in [6, 6.07) is 15.6. The van der Waals surface area contributed by atoms with Gasteiger partial charge in [0.05, 0.1) is 17.2 Å². The van der Waals surface area contributed by atoms with Crippen molar-refractivity contribution >= 4 is 39.4 Å². The Hall–Kier alpha value is -4.13. The van der Waals surface area contributed by atoms with Crippen molar-refractivity contribution in [2.24, 2.45) is 5.10 Å². The third kappa shape index (κ3) is 3.11. The molecule has 0 saturated heterocycles. The molecule has 0 radical (unpaired) electrons. The van der Waals surface area contributed by atoms with Crippen LogP contribution in [-0.4, -0.2) is 30.4 Å². The lowest BCUT2D eigenvalue weighted by Gasteiger charge is -2.06. The predicted molar refractivity (Wildman–Crippen MR) is 124 cm³/mol. The van der Waals surface area contributed by atoms with Gasteiger partial charge in [-0.3, -0.25) is 9.36 Å². The quantitative estimate of drug-likeness (QED) is 0.333. The molecule has 0 aliphatic carbocycles. The van der Waals surface area contributed by atoms with Gasteiger partial charge < -0.3 is 0 Å². The summed E-state index contributed by atoms with van der Waals surface area (Å²) in [6.07, 6.45) is 3.42. The molecular weight excluding hydrogens is 388 g/mol. The van der Waals surface area contributed by atoms with E-state index in [1.54, 1.807) is 28.5 Å². The van der Waals surface area contributed by atoms with E-state index >= 15 is 0 Å². The van der Waals surface area contributed by atoms with Crippen molar-refractivity contribution in [3.05, 3.63) is 88.5 Å². The average molecular weight is 408 g/mol. The first-order valence-corrected chi connectivity index (χ1v) is 9.97. The molecule has 0 aliphatic heterocycles. The maximum atomic E-state index is 13.4. The molecule has 7 heteroatoms. The molecule has 0 atom stereocenters. The summed E-state index contributed by atoms with van der Waals surface area (Å²) in [4.78, 5) is 27.6. The van der Waals surface area contributed by atoms with Crippen LogP contribution < -0.4 is 5.56 Å². The molecule has 0 bridgehead atoms. The fraction of sp³-hybridized carbons (Fsp3) is 0.125. The van der Waals surface area contributed by atoms with Gasteiger partial charge in [-0.1, -0.05) is 48.0 Å². The molecule has 7 nitrogen and oxygen atoms in total. The van der Waals surface area contributed by atoms with Gasteiger partial charge in [0.15, 0.2) is 11.3 Å². The SMILES string of the molecule is C=CCn1c(C)nc2c(c1=O)c1nc3ccccc3nc1n2/N=C\c1cccc(C)c1. The molecule has 3 aromatic heterocycles. The molecule has 0 amide bonds. The Kier molecular flexibility index (Phi) is 4.43. The molecule has 0 N–H and O–H groups in total. The van der Waals surface area contributed by atoms with Crippen LogP contribution in [0.2, 0.25) is 0 Å². The van der Waals surface area contributed by atoms with Crippen LogP contribution in [0.25, 0.3) is 33.2 Å². The molecule has 0 saturated carbocycles. The Morgan fingerprint density at radius 3 is 2.52 bits per heavy atom. The predicted octanol–water partition coefficient (Wildman–Crippen LogP) is 3.98. The number of benzene rings is 2. The van der Waals surface area contributed by atoms with E-state index in [1.807, 2.05) is 55.5 Å². The Morgan fingerprint density at radius 1 is 1.00 bits per heavy atom. The first kappa shape index (κ1) is 18.9. The van der Waals surface area contributed by atoms with E-state index in [4.69, 9.17) is 15.0 Å². The molecule has 0 unspecified atom stereocenters. The minimum Gasteiger partial charge on any atom is -0.292 e. The van der Waals surface area contributed by atoms with Crippen LogP contribution in [0.1, 0.15) is 17.0 Å². The van der Waals surface area contributed by atoms with Crippen LogP contribution >= 0.6 is 0 Å². The minimum atomic E-state index is -0.179. The molecule has 152 valence electrons. The Bertz CT molecular complexity index is 1570. The van der Waals surface area contributed by atoms with Crippen molar-refractivity contribution in [1.29, 1.82) is 0 Å². The first-order valence-electron chi connectivity index (χ1n) is 9.97. The molecule has 3 heterocycles. The van der Waals surface area contributed by atoms with E-state index in [1.165, 1.54) is 0 Å². The minimum absolute atomic E-state index is 0.179. The van der Waals surface area contributed by atoms with Gasteiger partial charge >= 0.3 is 0 Å². The summed E-state index contributed by atoms with van der Waals surface area (Å²) in [6.45, 7) is 7.95. The molecule has 0 aliphatic rings. The van der Waals surface area contributed by atoms with Crippen molar-refractivity contribution in [2.45, 2.75) is 20.4 Å². The smallest absolute Gasteiger partial charge is 0.265 e. The first-order chi connectivity index (χ1) is 15.1. The Labute approximate surface area is 178 Å². The molecule has 0 spiro atoms. The summed E-state index contributed by atoms with van der Waals surface area (Å²) in [5.41, 5.74) is 4.78. The van der Waals surface area contributed by atoms with Gasteiger partial charge in [0.1, 0.15) is 16.7 Å². The highest BCUT2D eigenvalue weighted by molar-refractivity contribution is 6.05. The lowest BCUT2D eigenvalue weighted by Crippen LogP contribution is -2.23. The maximum absolute atomic E-state index is 13.4. The number of aryl methyl sites for hydroxylation is 2. The zero-order chi connectivity index (χ0) is 21.5. The van der Waals surface area contributed by atoms with Crippen molar-refractivity contribution < 1.29 is 0 Å². The summed E-state index contributed by atoms with van der Waals surface area (Å²) >= 11 is 0. The van der Waals surface area contributed by atoms with Crippen molar-refractivity contribution in [3.8, 4) is 0 Å². The number of fused-ring (bicyclic) bond motifs is 4. The molecule has 0 fully saturated rings. The van der Waals surface area contributed by atoms with Crippen LogP contribution in [-0.2, 0) is 6.54 Å². The lowest BCUT2D eigenvalue weighted by atomic mass is 10.2. The van der Waals surface area contributed by atoms with Crippen molar-refractivity contribution in [2.75, 3.05) is 0 Å². The van der Waals surface area contributed by atoms with Crippen LogP contribution in [0.4, 0.5) is 0 Å². The Balaban J connectivity index is 1.88. The number of para-hydroxylation sites is 2. The molecule has 5 rings (SSSR count). The van der Waals surface area contributed by atoms with Gasteiger partial charge in [-0.25, -0.2) is 15.0 Å². The highest BCUT2D eigenvalue weighted by Crippen LogP contribution is 2.25. The number of nitrogens with zero attached hydrogens (tertiary/aromatic N) is 6. The Morgan fingerprint density at radius 2 is 1.77 bits per heavy atom. The fourth-order valence-electron chi connectivity index (χ4n) is 3.74. The van der Waals surface area contributed by atoms with E-state index in [-0.39, 0.29) is 5.56 Å². The largest absolute Gasteiger partial charge is 0.292 e. The summed E-state index contributed by atoms with van der Waals surface area (Å²) in [5, 5.41) is 5.06. The van der Waals surface area contributed by atoms with Gasteiger partial charge in [-0.05, 0) is 31.5 Å². The van der Waals surface area contributed by atoms with Gasteiger partial charge in [-0.15, -0.1) is 6.58 Å². The average Bonchev–Trinajstić information content (AvgIpc) is 3.05. The monoisotopic (exact) mass is 408 g/mol. The number of allylic oxidation sites excluding steroid dienone is 1. The molecule has 31 heavy (non-hydrogen) atoms. The second kappa shape index (κ2) is 7.28. The van der Waals surface area contributed by atoms with E-state index in [9.17, 15) is 4.79 Å². The number of hydrogen-bond donors (Lipinski definition) is 0. The standard InChI is InChI=1S/C24H20N6O/c1-4-12-29-16(3)26-22-20(24(29)31)21-23(28-19-11-6-5-10-18(19)27-21)30(22)25-14-17-9-7-8-15(2)13-17/h4-11,13-14H,1,12H2,2-3H3/b25-14-. The molecular formula is C24H20N6O. The van der Waals surface area contributed by atoms with Crippen molar-refractivity contribution in [1.82, 2.24) is 24.2 Å². The lowest BCUT2D eigenvalue weighted by molar-refractivity contribution is 0.724. The number of hydrogen-bond acceptors (Lipinski definition) is 5. The van der Waals surface area contributed by atoms with Crippen LogP contribution in [0.5, 0.6) is 0 Å².